The van der Waals surface area contributed by atoms with Crippen LogP contribution in [-0.4, -0.2) is 5.78 Å². The molecule has 0 saturated heterocycles. The third-order valence-electron chi connectivity index (χ3n) is 3.07. The first-order chi connectivity index (χ1) is 5.21. The third kappa shape index (κ3) is 1.63. The van der Waals surface area contributed by atoms with E-state index in [9.17, 15) is 4.79 Å². The summed E-state index contributed by atoms with van der Waals surface area (Å²) in [6.07, 6.45) is 7.15. The second kappa shape index (κ2) is 3.38. The largest absolute Gasteiger partial charge is 0.299 e. The van der Waals surface area contributed by atoms with E-state index in [0.717, 1.165) is 19.3 Å². The fourth-order valence-electron chi connectivity index (χ4n) is 1.90. The number of rotatable bonds is 4. The van der Waals surface area contributed by atoms with Crippen molar-refractivity contribution in [3.63, 3.8) is 0 Å². The molecule has 1 nitrogen and oxygen atoms in total. The molecule has 0 aliphatic heterocycles. The van der Waals surface area contributed by atoms with Crippen LogP contribution in [0.5, 0.6) is 0 Å². The summed E-state index contributed by atoms with van der Waals surface area (Å²) >= 11 is 0. The van der Waals surface area contributed by atoms with Crippen molar-refractivity contribution in [1.82, 2.24) is 0 Å². The first-order valence-corrected chi connectivity index (χ1v) is 4.72. The molecule has 64 valence electrons. The molecule has 0 aromatic heterocycles. The maximum atomic E-state index is 11.3. The van der Waals surface area contributed by atoms with E-state index < -0.39 is 0 Å². The highest BCUT2D eigenvalue weighted by Gasteiger charge is 2.40. The Morgan fingerprint density at radius 3 is 2.36 bits per heavy atom. The summed E-state index contributed by atoms with van der Waals surface area (Å²) in [6.45, 7) is 3.95. The Hall–Kier alpha value is -0.330. The van der Waals surface area contributed by atoms with Crippen LogP contribution >= 0.6 is 0 Å². The van der Waals surface area contributed by atoms with Crippen LogP contribution in [0.25, 0.3) is 0 Å². The van der Waals surface area contributed by atoms with E-state index in [4.69, 9.17) is 0 Å². The minimum Gasteiger partial charge on any atom is -0.299 e. The van der Waals surface area contributed by atoms with Crippen molar-refractivity contribution in [3.05, 3.63) is 0 Å². The van der Waals surface area contributed by atoms with Gasteiger partial charge in [0.05, 0.1) is 0 Å². The molecule has 0 spiro atoms. The van der Waals surface area contributed by atoms with Crippen LogP contribution in [0.4, 0.5) is 0 Å². The van der Waals surface area contributed by atoms with E-state index in [1.54, 1.807) is 6.92 Å². The maximum absolute atomic E-state index is 11.3. The minimum absolute atomic E-state index is 0.135. The normalized spacial score (nSPS) is 20.9. The highest BCUT2D eigenvalue weighted by atomic mass is 16.1. The average Bonchev–Trinajstić information content (AvgIpc) is 1.85. The summed E-state index contributed by atoms with van der Waals surface area (Å²) in [6, 6.07) is 0. The Morgan fingerprint density at radius 1 is 1.45 bits per heavy atom. The standard InChI is InChI=1S/C10H18O/c1-3-4-6-10(9(2)11)7-5-8-10/h3-8H2,1-2H3. The smallest absolute Gasteiger partial charge is 0.135 e. The van der Waals surface area contributed by atoms with E-state index in [1.165, 1.54) is 19.3 Å². The molecular formula is C10H18O. The van der Waals surface area contributed by atoms with Crippen molar-refractivity contribution in [2.75, 3.05) is 0 Å². The second-order valence-electron chi connectivity index (χ2n) is 3.79. The predicted octanol–water partition coefficient (Wildman–Crippen LogP) is 2.94. The van der Waals surface area contributed by atoms with Crippen LogP contribution in [0.15, 0.2) is 0 Å². The fourth-order valence-corrected chi connectivity index (χ4v) is 1.90. The van der Waals surface area contributed by atoms with Crippen LogP contribution in [0.1, 0.15) is 52.4 Å². The van der Waals surface area contributed by atoms with Gasteiger partial charge in [-0.3, -0.25) is 4.79 Å². The summed E-state index contributed by atoms with van der Waals surface area (Å²) in [4.78, 5) is 11.3. The van der Waals surface area contributed by atoms with Crippen LogP contribution in [0, 0.1) is 5.41 Å². The van der Waals surface area contributed by atoms with Gasteiger partial charge in [0.2, 0.25) is 0 Å². The topological polar surface area (TPSA) is 17.1 Å². The molecular weight excluding hydrogens is 136 g/mol. The Labute approximate surface area is 69.2 Å². The number of Topliss-reactive ketones (excluding diaryl/α,β-unsaturated/α-hetero) is 1. The lowest BCUT2D eigenvalue weighted by Crippen LogP contribution is -2.36. The lowest BCUT2D eigenvalue weighted by Gasteiger charge is -2.39. The SMILES string of the molecule is CCCCC1(C(C)=O)CCC1. The van der Waals surface area contributed by atoms with Gasteiger partial charge in [-0.05, 0) is 26.2 Å². The van der Waals surface area contributed by atoms with Crippen LogP contribution < -0.4 is 0 Å². The van der Waals surface area contributed by atoms with Gasteiger partial charge in [-0.25, -0.2) is 0 Å². The first kappa shape index (κ1) is 8.76. The molecule has 0 aromatic rings. The maximum Gasteiger partial charge on any atom is 0.135 e. The van der Waals surface area contributed by atoms with Gasteiger partial charge in [0, 0.05) is 5.41 Å². The zero-order valence-electron chi connectivity index (χ0n) is 7.65. The van der Waals surface area contributed by atoms with Gasteiger partial charge >= 0.3 is 0 Å². The number of hydrogen-bond acceptors (Lipinski definition) is 1. The summed E-state index contributed by atoms with van der Waals surface area (Å²) in [5.74, 6) is 0.428. The van der Waals surface area contributed by atoms with Crippen molar-refractivity contribution < 1.29 is 4.79 Å². The number of ketones is 1. The molecule has 0 bridgehead atoms. The molecule has 0 N–H and O–H groups in total. The van der Waals surface area contributed by atoms with E-state index in [-0.39, 0.29) is 5.41 Å². The van der Waals surface area contributed by atoms with Crippen molar-refractivity contribution in [3.8, 4) is 0 Å². The zero-order valence-corrected chi connectivity index (χ0v) is 7.65. The molecule has 1 heteroatoms. The predicted molar refractivity (Wildman–Crippen MR) is 46.5 cm³/mol. The van der Waals surface area contributed by atoms with E-state index >= 15 is 0 Å². The molecule has 1 aliphatic rings. The van der Waals surface area contributed by atoms with E-state index in [2.05, 4.69) is 6.92 Å². The van der Waals surface area contributed by atoms with Crippen molar-refractivity contribution in [2.24, 2.45) is 5.41 Å². The van der Waals surface area contributed by atoms with Crippen LogP contribution in [0.3, 0.4) is 0 Å². The van der Waals surface area contributed by atoms with E-state index in [1.807, 2.05) is 0 Å². The molecule has 0 atom stereocenters. The Kier molecular flexibility index (Phi) is 2.69. The summed E-state index contributed by atoms with van der Waals surface area (Å²) in [5.41, 5.74) is 0.135. The molecule has 0 radical (unpaired) electrons. The van der Waals surface area contributed by atoms with Crippen LogP contribution in [-0.2, 0) is 4.79 Å². The molecule has 0 amide bonds. The second-order valence-corrected chi connectivity index (χ2v) is 3.79. The fraction of sp³-hybridized carbons (Fsp3) is 0.900. The molecule has 0 unspecified atom stereocenters. The Morgan fingerprint density at radius 2 is 2.09 bits per heavy atom. The third-order valence-corrected chi connectivity index (χ3v) is 3.07. The van der Waals surface area contributed by atoms with Gasteiger partial charge in [0.1, 0.15) is 5.78 Å². The molecule has 1 fully saturated rings. The van der Waals surface area contributed by atoms with Gasteiger partial charge in [-0.1, -0.05) is 26.2 Å². The monoisotopic (exact) mass is 154 g/mol. The van der Waals surface area contributed by atoms with E-state index in [0.29, 0.717) is 5.78 Å². The number of carbonyl (C=O) groups excluding carboxylic acids is 1. The van der Waals surface area contributed by atoms with Crippen molar-refractivity contribution >= 4 is 5.78 Å². The molecule has 0 heterocycles. The van der Waals surface area contributed by atoms with Crippen molar-refractivity contribution in [2.45, 2.75) is 52.4 Å². The molecule has 0 aromatic carbocycles. The van der Waals surface area contributed by atoms with Gasteiger partial charge in [-0.15, -0.1) is 0 Å². The molecule has 1 rings (SSSR count). The summed E-state index contributed by atoms with van der Waals surface area (Å²) in [7, 11) is 0. The van der Waals surface area contributed by atoms with Gasteiger partial charge in [0.15, 0.2) is 0 Å². The Balaban J connectivity index is 2.40. The molecule has 1 aliphatic carbocycles. The molecule has 11 heavy (non-hydrogen) atoms. The lowest BCUT2D eigenvalue weighted by atomic mass is 9.64. The quantitative estimate of drug-likeness (QED) is 0.608. The first-order valence-electron chi connectivity index (χ1n) is 4.72. The number of unbranched alkanes of at least 4 members (excludes halogenated alkanes) is 1. The number of carbonyl (C=O) groups is 1. The summed E-state index contributed by atoms with van der Waals surface area (Å²) in [5, 5.41) is 0. The van der Waals surface area contributed by atoms with Crippen LogP contribution in [0.2, 0.25) is 0 Å². The highest BCUT2D eigenvalue weighted by Crippen LogP contribution is 2.45. The minimum atomic E-state index is 0.135. The average molecular weight is 154 g/mol. The van der Waals surface area contributed by atoms with Crippen molar-refractivity contribution in [1.29, 1.82) is 0 Å². The highest BCUT2D eigenvalue weighted by molar-refractivity contribution is 5.83. The van der Waals surface area contributed by atoms with Gasteiger partial charge in [0.25, 0.3) is 0 Å². The Bertz CT molecular complexity index is 145. The van der Waals surface area contributed by atoms with Gasteiger partial charge in [-0.2, -0.15) is 0 Å². The summed E-state index contributed by atoms with van der Waals surface area (Å²) < 4.78 is 0. The number of hydrogen-bond donors (Lipinski definition) is 0. The van der Waals surface area contributed by atoms with Gasteiger partial charge < -0.3 is 0 Å². The zero-order chi connectivity index (χ0) is 8.32. The lowest BCUT2D eigenvalue weighted by molar-refractivity contribution is -0.131. The molecule has 1 saturated carbocycles.